The summed E-state index contributed by atoms with van der Waals surface area (Å²) in [6.07, 6.45) is -5.63. The van der Waals surface area contributed by atoms with E-state index in [4.69, 9.17) is 18.9 Å². The molecule has 5 rings (SSSR count). The molecule has 0 aliphatic heterocycles. The zero-order chi connectivity index (χ0) is 27.6. The van der Waals surface area contributed by atoms with E-state index in [1.54, 1.807) is 0 Å². The number of aliphatic hydroxyl groups is 2. The van der Waals surface area contributed by atoms with Gasteiger partial charge in [-0.3, -0.25) is 0 Å². The lowest BCUT2D eigenvalue weighted by Gasteiger charge is -2.47. The molecule has 0 heterocycles. The van der Waals surface area contributed by atoms with Crippen molar-refractivity contribution in [3.8, 4) is 0 Å². The maximum absolute atomic E-state index is 11.4. The highest BCUT2D eigenvalue weighted by atomic mass is 16.6. The van der Waals surface area contributed by atoms with Gasteiger partial charge in [0, 0.05) is 0 Å². The van der Waals surface area contributed by atoms with Gasteiger partial charge in [-0.25, -0.2) is 0 Å². The largest absolute Gasteiger partial charge is 0.387 e. The molecular weight excluding hydrogens is 504 g/mol. The van der Waals surface area contributed by atoms with E-state index in [1.165, 1.54) is 0 Å². The standard InChI is InChI=1S/C34H36O6/c35-29-30(36)32(38-22-26-15-7-2-8-16-26)34(40-24-28-19-11-4-12-20-28)33(39-23-27-17-9-3-10-18-27)31(29)37-21-25-13-5-1-6-14-25/h1-20,29-36H,21-24H2/t29-,30+,31-,32-,33+,34-/m1/s1. The average Bonchev–Trinajstić information content (AvgIpc) is 3.01. The maximum Gasteiger partial charge on any atom is 0.116 e. The van der Waals surface area contributed by atoms with Crippen LogP contribution >= 0.6 is 0 Å². The van der Waals surface area contributed by atoms with Gasteiger partial charge in [0.2, 0.25) is 0 Å². The summed E-state index contributed by atoms with van der Waals surface area (Å²) in [5, 5.41) is 22.7. The molecule has 0 amide bonds. The molecule has 40 heavy (non-hydrogen) atoms. The first-order valence-electron chi connectivity index (χ1n) is 13.7. The number of ether oxygens (including phenoxy) is 4. The lowest BCUT2D eigenvalue weighted by atomic mass is 9.84. The highest BCUT2D eigenvalue weighted by molar-refractivity contribution is 5.17. The average molecular weight is 541 g/mol. The first-order valence-corrected chi connectivity index (χ1v) is 13.7. The molecule has 0 radical (unpaired) electrons. The molecule has 4 aromatic rings. The Hall–Kier alpha value is -3.36. The second kappa shape index (κ2) is 14.3. The molecule has 0 bridgehead atoms. The topological polar surface area (TPSA) is 77.4 Å². The molecule has 0 unspecified atom stereocenters. The smallest absolute Gasteiger partial charge is 0.116 e. The first kappa shape index (κ1) is 28.2. The van der Waals surface area contributed by atoms with Gasteiger partial charge in [-0.1, -0.05) is 121 Å². The summed E-state index contributed by atoms with van der Waals surface area (Å²) >= 11 is 0. The van der Waals surface area contributed by atoms with Gasteiger partial charge >= 0.3 is 0 Å². The third-order valence-corrected chi connectivity index (χ3v) is 7.14. The normalized spacial score (nSPS) is 24.6. The van der Waals surface area contributed by atoms with Crippen LogP contribution in [0.1, 0.15) is 22.3 Å². The van der Waals surface area contributed by atoms with Crippen molar-refractivity contribution < 1.29 is 29.2 Å². The van der Waals surface area contributed by atoms with Gasteiger partial charge in [0.25, 0.3) is 0 Å². The summed E-state index contributed by atoms with van der Waals surface area (Å²) in [6.45, 7) is 1.08. The van der Waals surface area contributed by atoms with Crippen LogP contribution in [0.25, 0.3) is 0 Å². The molecule has 2 N–H and O–H groups in total. The van der Waals surface area contributed by atoms with Crippen molar-refractivity contribution in [1.82, 2.24) is 0 Å². The van der Waals surface area contributed by atoms with Crippen LogP contribution < -0.4 is 0 Å². The zero-order valence-corrected chi connectivity index (χ0v) is 22.4. The van der Waals surface area contributed by atoms with Crippen LogP contribution in [-0.2, 0) is 45.4 Å². The van der Waals surface area contributed by atoms with E-state index in [-0.39, 0.29) is 26.4 Å². The molecule has 6 heteroatoms. The van der Waals surface area contributed by atoms with Crippen molar-refractivity contribution >= 4 is 0 Å². The highest BCUT2D eigenvalue weighted by Crippen LogP contribution is 2.32. The molecule has 6 atom stereocenters. The van der Waals surface area contributed by atoms with Crippen molar-refractivity contribution in [2.75, 3.05) is 0 Å². The third kappa shape index (κ3) is 7.43. The molecule has 1 aliphatic rings. The Morgan fingerprint density at radius 2 is 0.575 bits per heavy atom. The molecule has 208 valence electrons. The van der Waals surface area contributed by atoms with Crippen LogP contribution in [0.2, 0.25) is 0 Å². The zero-order valence-electron chi connectivity index (χ0n) is 22.4. The van der Waals surface area contributed by atoms with E-state index < -0.39 is 36.6 Å². The Kier molecular flexibility index (Phi) is 10.1. The van der Waals surface area contributed by atoms with Gasteiger partial charge in [0.1, 0.15) is 36.6 Å². The molecule has 0 spiro atoms. The van der Waals surface area contributed by atoms with Gasteiger partial charge in [0.05, 0.1) is 26.4 Å². The van der Waals surface area contributed by atoms with Gasteiger partial charge in [-0.05, 0) is 22.3 Å². The van der Waals surface area contributed by atoms with Crippen molar-refractivity contribution in [3.05, 3.63) is 144 Å². The van der Waals surface area contributed by atoms with Crippen molar-refractivity contribution in [2.24, 2.45) is 0 Å². The lowest BCUT2D eigenvalue weighted by Crippen LogP contribution is -2.66. The number of hydrogen-bond donors (Lipinski definition) is 2. The minimum absolute atomic E-state index is 0.251. The first-order chi connectivity index (χ1) is 19.7. The van der Waals surface area contributed by atoms with Crippen LogP contribution in [0, 0.1) is 0 Å². The van der Waals surface area contributed by atoms with E-state index in [2.05, 4.69) is 0 Å². The third-order valence-electron chi connectivity index (χ3n) is 7.14. The fraction of sp³-hybridized carbons (Fsp3) is 0.294. The maximum atomic E-state index is 11.4. The summed E-state index contributed by atoms with van der Waals surface area (Å²) in [5.74, 6) is 0. The summed E-state index contributed by atoms with van der Waals surface area (Å²) < 4.78 is 25.5. The van der Waals surface area contributed by atoms with E-state index in [0.717, 1.165) is 22.3 Å². The van der Waals surface area contributed by atoms with Crippen molar-refractivity contribution in [2.45, 2.75) is 63.1 Å². The predicted octanol–water partition coefficient (Wildman–Crippen LogP) is 5.06. The molecule has 0 aromatic heterocycles. The summed E-state index contributed by atoms with van der Waals surface area (Å²) in [6, 6.07) is 39.1. The number of rotatable bonds is 12. The predicted molar refractivity (Wildman–Crippen MR) is 152 cm³/mol. The van der Waals surface area contributed by atoms with Gasteiger partial charge < -0.3 is 29.2 Å². The van der Waals surface area contributed by atoms with E-state index in [9.17, 15) is 10.2 Å². The van der Waals surface area contributed by atoms with Gasteiger partial charge in [0.15, 0.2) is 0 Å². The second-order valence-corrected chi connectivity index (χ2v) is 10.0. The molecule has 1 fully saturated rings. The Morgan fingerprint density at radius 3 is 0.825 bits per heavy atom. The molecule has 4 aromatic carbocycles. The van der Waals surface area contributed by atoms with Crippen LogP contribution in [0.5, 0.6) is 0 Å². The fourth-order valence-corrected chi connectivity index (χ4v) is 4.98. The van der Waals surface area contributed by atoms with E-state index in [1.807, 2.05) is 121 Å². The molecule has 1 saturated carbocycles. The minimum atomic E-state index is -1.25. The quantitative estimate of drug-likeness (QED) is 0.262. The second-order valence-electron chi connectivity index (χ2n) is 10.0. The Balaban J connectivity index is 1.42. The molecular formula is C34H36O6. The fourth-order valence-electron chi connectivity index (χ4n) is 4.98. The van der Waals surface area contributed by atoms with E-state index >= 15 is 0 Å². The van der Waals surface area contributed by atoms with Gasteiger partial charge in [-0.2, -0.15) is 0 Å². The van der Waals surface area contributed by atoms with Crippen LogP contribution in [-0.4, -0.2) is 46.8 Å². The Bertz CT molecular complexity index is 1150. The molecule has 0 saturated heterocycles. The number of benzene rings is 4. The van der Waals surface area contributed by atoms with Gasteiger partial charge in [-0.15, -0.1) is 0 Å². The minimum Gasteiger partial charge on any atom is -0.387 e. The summed E-state index contributed by atoms with van der Waals surface area (Å²) in [7, 11) is 0. The monoisotopic (exact) mass is 540 g/mol. The van der Waals surface area contributed by atoms with Crippen LogP contribution in [0.3, 0.4) is 0 Å². The van der Waals surface area contributed by atoms with Crippen molar-refractivity contribution in [3.63, 3.8) is 0 Å². The Labute approximate surface area is 235 Å². The SMILES string of the molecule is O[C@@H]1[C@H](O)[C@@H](OCc2ccccc2)[C@@H](OCc2ccccc2)[C@@H](OCc2ccccc2)[C@@H]1OCc1ccccc1. The molecule has 6 nitrogen and oxygen atoms in total. The summed E-state index contributed by atoms with van der Waals surface area (Å²) in [5.41, 5.74) is 3.87. The molecule has 1 aliphatic carbocycles. The lowest BCUT2D eigenvalue weighted by molar-refractivity contribution is -0.273. The van der Waals surface area contributed by atoms with Crippen LogP contribution in [0.15, 0.2) is 121 Å². The number of aliphatic hydroxyl groups excluding tert-OH is 2. The number of hydrogen-bond acceptors (Lipinski definition) is 6. The van der Waals surface area contributed by atoms with Crippen molar-refractivity contribution in [1.29, 1.82) is 0 Å². The van der Waals surface area contributed by atoms with E-state index in [0.29, 0.717) is 0 Å². The highest BCUT2D eigenvalue weighted by Gasteiger charge is 2.52. The summed E-state index contributed by atoms with van der Waals surface area (Å²) in [4.78, 5) is 0. The Morgan fingerprint density at radius 1 is 0.350 bits per heavy atom. The van der Waals surface area contributed by atoms with Crippen LogP contribution in [0.4, 0.5) is 0 Å².